The molecule has 0 spiro atoms. The first-order valence-corrected chi connectivity index (χ1v) is 10.8. The molecule has 0 aliphatic carbocycles. The van der Waals surface area contributed by atoms with Gasteiger partial charge in [0.25, 0.3) is 5.91 Å². The molecule has 0 aliphatic rings. The van der Waals surface area contributed by atoms with Crippen molar-refractivity contribution in [2.45, 2.75) is 4.90 Å². The van der Waals surface area contributed by atoms with Crippen molar-refractivity contribution in [2.75, 3.05) is 18.5 Å². The number of carbonyl (C=O) groups is 1. The molecule has 30 heavy (non-hydrogen) atoms. The van der Waals surface area contributed by atoms with Crippen LogP contribution >= 0.6 is 11.6 Å². The van der Waals surface area contributed by atoms with Crippen LogP contribution in [0.2, 0.25) is 5.02 Å². The molecule has 0 radical (unpaired) electrons. The van der Waals surface area contributed by atoms with Crippen LogP contribution < -0.4 is 16.2 Å². The number of nitrogens with one attached hydrogen (secondary N) is 1. The Morgan fingerprint density at radius 2 is 1.57 bits per heavy atom. The number of carbonyl (C=O) groups excluding carboxylic acids is 1. The summed E-state index contributed by atoms with van der Waals surface area (Å²) in [6, 6.07) is 16.6. The lowest BCUT2D eigenvalue weighted by Crippen LogP contribution is -2.17. The number of nitrogens with two attached hydrogens (primary N) is 2. The van der Waals surface area contributed by atoms with Crippen molar-refractivity contribution >= 4 is 33.2 Å². The van der Waals surface area contributed by atoms with E-state index in [4.69, 9.17) is 22.5 Å². The van der Waals surface area contributed by atoms with Gasteiger partial charge in [0.05, 0.1) is 22.8 Å². The van der Waals surface area contributed by atoms with Gasteiger partial charge in [-0.1, -0.05) is 35.9 Å². The molecule has 3 aromatic carbocycles. The molecule has 0 fully saturated rings. The monoisotopic (exact) mass is 445 g/mol. The Kier molecular flexibility index (Phi) is 6.42. The van der Waals surface area contributed by atoms with Crippen LogP contribution in [-0.2, 0) is 10.0 Å². The predicted octanol–water partition coefficient (Wildman–Crippen LogP) is 2.82. The second-order valence-corrected chi connectivity index (χ2v) is 8.54. The highest BCUT2D eigenvalue weighted by molar-refractivity contribution is 7.89. The van der Waals surface area contributed by atoms with Crippen molar-refractivity contribution < 1.29 is 18.3 Å². The van der Waals surface area contributed by atoms with Crippen molar-refractivity contribution in [3.63, 3.8) is 0 Å². The molecule has 0 atom stereocenters. The molecule has 0 heterocycles. The summed E-state index contributed by atoms with van der Waals surface area (Å²) in [5.41, 5.74) is 9.10. The van der Waals surface area contributed by atoms with E-state index in [0.717, 1.165) is 11.1 Å². The minimum Gasteiger partial charge on any atom is -0.395 e. The second kappa shape index (κ2) is 8.85. The fraction of sp³-hybridized carbons (Fsp3) is 0.0952. The lowest BCUT2D eigenvalue weighted by atomic mass is 9.93. The third-order valence-electron chi connectivity index (χ3n) is 4.49. The molecular weight excluding hydrogens is 426 g/mol. The van der Waals surface area contributed by atoms with Crippen molar-refractivity contribution in [1.29, 1.82) is 0 Å². The van der Waals surface area contributed by atoms with E-state index in [2.05, 4.69) is 5.32 Å². The maximum absolute atomic E-state index is 12.2. The smallest absolute Gasteiger partial charge is 0.250 e. The van der Waals surface area contributed by atoms with Crippen LogP contribution in [-0.4, -0.2) is 32.6 Å². The van der Waals surface area contributed by atoms with Gasteiger partial charge in [0, 0.05) is 17.1 Å². The first-order valence-electron chi connectivity index (χ1n) is 8.92. The summed E-state index contributed by atoms with van der Waals surface area (Å²) in [6.07, 6.45) is 0. The summed E-state index contributed by atoms with van der Waals surface area (Å²) in [6.45, 7) is 0.0454. The molecule has 0 aromatic heterocycles. The van der Waals surface area contributed by atoms with Crippen LogP contribution in [0, 0.1) is 0 Å². The van der Waals surface area contributed by atoms with E-state index in [9.17, 15) is 18.3 Å². The lowest BCUT2D eigenvalue weighted by molar-refractivity contribution is 0.100. The third kappa shape index (κ3) is 4.80. The number of amides is 1. The van der Waals surface area contributed by atoms with Crippen LogP contribution in [0.25, 0.3) is 22.3 Å². The summed E-state index contributed by atoms with van der Waals surface area (Å²) in [7, 11) is -3.84. The molecule has 9 heteroatoms. The van der Waals surface area contributed by atoms with E-state index in [1.54, 1.807) is 30.3 Å². The molecular formula is C21H20ClN3O4S. The van der Waals surface area contributed by atoms with Crippen molar-refractivity contribution in [1.82, 2.24) is 0 Å². The van der Waals surface area contributed by atoms with Gasteiger partial charge in [0.1, 0.15) is 0 Å². The summed E-state index contributed by atoms with van der Waals surface area (Å²) in [5.74, 6) is -0.645. The normalized spacial score (nSPS) is 11.3. The zero-order valence-electron chi connectivity index (χ0n) is 15.8. The van der Waals surface area contributed by atoms with Crippen LogP contribution in [0.1, 0.15) is 10.4 Å². The number of hydrogen-bond acceptors (Lipinski definition) is 5. The van der Waals surface area contributed by atoms with E-state index in [0.29, 0.717) is 21.8 Å². The Balaban J connectivity index is 2.24. The Hall–Kier alpha value is -2.91. The Bertz CT molecular complexity index is 1180. The number of benzene rings is 3. The van der Waals surface area contributed by atoms with Gasteiger partial charge in [-0.3, -0.25) is 4.79 Å². The number of primary sulfonamides is 1. The zero-order chi connectivity index (χ0) is 21.9. The molecule has 0 bridgehead atoms. The van der Waals surface area contributed by atoms with Gasteiger partial charge in [-0.05, 0) is 53.1 Å². The fourth-order valence-corrected chi connectivity index (χ4v) is 3.71. The molecule has 7 nitrogen and oxygen atoms in total. The molecule has 156 valence electrons. The predicted molar refractivity (Wildman–Crippen MR) is 118 cm³/mol. The van der Waals surface area contributed by atoms with E-state index in [1.807, 2.05) is 18.2 Å². The number of rotatable bonds is 7. The standard InChI is InChI=1S/C21H20ClN3O4S/c22-16-5-1-13(2-6-16)15-11-18(14-3-7-17(8-4-14)30(24,28)29)20(25-9-10-26)19(12-15)21(23)27/h1-8,11-12,25-26H,9-10H2,(H2,23,27)(H2,24,28,29). The van der Waals surface area contributed by atoms with Crippen LogP contribution in [0.3, 0.4) is 0 Å². The fourth-order valence-electron chi connectivity index (χ4n) is 3.07. The highest BCUT2D eigenvalue weighted by atomic mass is 35.5. The highest BCUT2D eigenvalue weighted by Gasteiger charge is 2.18. The molecule has 0 aliphatic heterocycles. The maximum Gasteiger partial charge on any atom is 0.250 e. The number of halogens is 1. The summed E-state index contributed by atoms with van der Waals surface area (Å²) >= 11 is 5.97. The molecule has 1 amide bonds. The molecule has 0 saturated heterocycles. The van der Waals surface area contributed by atoms with Gasteiger partial charge >= 0.3 is 0 Å². The van der Waals surface area contributed by atoms with Crippen molar-refractivity contribution in [3.05, 3.63) is 71.2 Å². The number of primary amides is 1. The topological polar surface area (TPSA) is 136 Å². The number of hydrogen-bond donors (Lipinski definition) is 4. The highest BCUT2D eigenvalue weighted by Crippen LogP contribution is 2.36. The maximum atomic E-state index is 12.2. The SMILES string of the molecule is NC(=O)c1cc(-c2ccc(Cl)cc2)cc(-c2ccc(S(N)(=O)=O)cc2)c1NCCO. The minimum atomic E-state index is -3.84. The first kappa shape index (κ1) is 21.8. The summed E-state index contributed by atoms with van der Waals surface area (Å²) in [4.78, 5) is 12.2. The van der Waals surface area contributed by atoms with E-state index in [-0.39, 0.29) is 23.6 Å². The molecule has 3 aromatic rings. The molecule has 3 rings (SSSR count). The summed E-state index contributed by atoms with van der Waals surface area (Å²) < 4.78 is 23.1. The molecule has 0 saturated carbocycles. The average molecular weight is 446 g/mol. The van der Waals surface area contributed by atoms with Gasteiger partial charge in [-0.2, -0.15) is 0 Å². The van der Waals surface area contributed by atoms with Gasteiger partial charge in [0.2, 0.25) is 10.0 Å². The largest absolute Gasteiger partial charge is 0.395 e. The van der Waals surface area contributed by atoms with Gasteiger partial charge < -0.3 is 16.2 Å². The van der Waals surface area contributed by atoms with E-state index >= 15 is 0 Å². The van der Waals surface area contributed by atoms with Gasteiger partial charge in [0.15, 0.2) is 0 Å². The first-order chi connectivity index (χ1) is 14.2. The van der Waals surface area contributed by atoms with E-state index < -0.39 is 15.9 Å². The van der Waals surface area contributed by atoms with Gasteiger partial charge in [-0.25, -0.2) is 13.6 Å². The van der Waals surface area contributed by atoms with Crippen LogP contribution in [0.4, 0.5) is 5.69 Å². The number of anilines is 1. The van der Waals surface area contributed by atoms with Crippen LogP contribution in [0.5, 0.6) is 0 Å². The Morgan fingerprint density at radius 1 is 0.967 bits per heavy atom. The Labute approximate surface area is 179 Å². The minimum absolute atomic E-state index is 0.0277. The van der Waals surface area contributed by atoms with Crippen molar-refractivity contribution in [3.8, 4) is 22.3 Å². The van der Waals surface area contributed by atoms with Gasteiger partial charge in [-0.15, -0.1) is 0 Å². The molecule has 0 unspecified atom stereocenters. The van der Waals surface area contributed by atoms with Crippen molar-refractivity contribution in [2.24, 2.45) is 10.9 Å². The molecule has 6 N–H and O–H groups in total. The average Bonchev–Trinajstić information content (AvgIpc) is 2.71. The van der Waals surface area contributed by atoms with E-state index in [1.165, 1.54) is 12.1 Å². The third-order valence-corrected chi connectivity index (χ3v) is 5.67. The number of aliphatic hydroxyl groups is 1. The number of aliphatic hydroxyl groups excluding tert-OH is 1. The van der Waals surface area contributed by atoms with Crippen LogP contribution in [0.15, 0.2) is 65.6 Å². The zero-order valence-corrected chi connectivity index (χ0v) is 17.4. The lowest BCUT2D eigenvalue weighted by Gasteiger charge is -2.18. The second-order valence-electron chi connectivity index (χ2n) is 6.54. The Morgan fingerprint density at radius 3 is 2.10 bits per heavy atom. The summed E-state index contributed by atoms with van der Waals surface area (Å²) in [5, 5.41) is 18.0. The number of sulfonamides is 1. The quantitative estimate of drug-likeness (QED) is 0.443.